The summed E-state index contributed by atoms with van der Waals surface area (Å²) in [6.07, 6.45) is 0. The van der Waals surface area contributed by atoms with Gasteiger partial charge in [0.1, 0.15) is 13.2 Å². The van der Waals surface area contributed by atoms with Gasteiger partial charge >= 0.3 is 22.8 Å². The van der Waals surface area contributed by atoms with Gasteiger partial charge < -0.3 is 10.2 Å². The minimum atomic E-state index is -0.591. The van der Waals surface area contributed by atoms with Crippen LogP contribution in [0.25, 0.3) is 0 Å². The van der Waals surface area contributed by atoms with E-state index in [9.17, 15) is 9.81 Å². The van der Waals surface area contributed by atoms with E-state index in [0.29, 0.717) is 9.52 Å². The highest BCUT2D eigenvalue weighted by Crippen LogP contribution is 2.35. The van der Waals surface area contributed by atoms with Gasteiger partial charge in [0.15, 0.2) is 0 Å². The lowest BCUT2D eigenvalue weighted by atomic mass is 10.2. The minimum Gasteiger partial charge on any atom is -0.385 e. The Hall–Kier alpha value is -1.92. The van der Waals surface area contributed by atoms with Crippen molar-refractivity contribution in [2.45, 2.75) is 0 Å². The normalized spacial score (nSPS) is 15.4. The number of rotatable bonds is 2. The molecule has 0 aromatic heterocycles. The van der Waals surface area contributed by atoms with Crippen molar-refractivity contribution in [2.24, 2.45) is 0 Å². The van der Waals surface area contributed by atoms with Crippen molar-refractivity contribution >= 4 is 11.4 Å². The molecule has 0 radical (unpaired) electrons. The molecule has 16 heavy (non-hydrogen) atoms. The Balaban J connectivity index is 2.67. The second-order valence-electron chi connectivity index (χ2n) is 3.29. The van der Waals surface area contributed by atoms with Crippen LogP contribution in [0, 0.1) is 9.81 Å². The minimum absolute atomic E-state index is 0.129. The van der Waals surface area contributed by atoms with Crippen LogP contribution in [0.4, 0.5) is 11.4 Å². The lowest BCUT2D eigenvalue weighted by molar-refractivity contribution is -0.494. The number of para-hydroxylation sites is 2. The van der Waals surface area contributed by atoms with Crippen LogP contribution in [0.3, 0.4) is 0 Å². The molecule has 0 unspecified atom stereocenters. The highest BCUT2D eigenvalue weighted by atomic mass is 16.3. The highest BCUT2D eigenvalue weighted by molar-refractivity contribution is 5.54. The summed E-state index contributed by atoms with van der Waals surface area (Å²) < 4.78 is 0.935. The third-order valence-corrected chi connectivity index (χ3v) is 2.44. The fourth-order valence-corrected chi connectivity index (χ4v) is 1.64. The Morgan fingerprint density at radius 1 is 0.875 bits per heavy atom. The van der Waals surface area contributed by atoms with E-state index in [4.69, 9.17) is 10.2 Å². The number of aliphatic hydroxyl groups excluding tert-OH is 2. The van der Waals surface area contributed by atoms with Crippen LogP contribution in [0.5, 0.6) is 0 Å². The Morgan fingerprint density at radius 3 is 1.56 bits per heavy atom. The first kappa shape index (κ1) is 10.6. The first-order valence-electron chi connectivity index (χ1n) is 4.68. The van der Waals surface area contributed by atoms with Crippen molar-refractivity contribution in [1.29, 1.82) is 0 Å². The Morgan fingerprint density at radius 2 is 1.25 bits per heavy atom. The van der Waals surface area contributed by atoms with Crippen molar-refractivity contribution in [3.8, 4) is 0 Å². The van der Waals surface area contributed by atoms with Crippen molar-refractivity contribution in [1.82, 2.24) is 0 Å². The third-order valence-electron chi connectivity index (χ3n) is 2.44. The van der Waals surface area contributed by atoms with Crippen LogP contribution < -0.4 is 0 Å². The Kier molecular flexibility index (Phi) is 2.59. The molecule has 0 bridgehead atoms. The number of hydrogen-bond donors (Lipinski definition) is 2. The zero-order valence-corrected chi connectivity index (χ0v) is 8.33. The zero-order chi connectivity index (χ0) is 11.7. The van der Waals surface area contributed by atoms with Gasteiger partial charge in [0.25, 0.3) is 0 Å². The van der Waals surface area contributed by atoms with Gasteiger partial charge in [-0.25, -0.2) is 0 Å². The van der Waals surface area contributed by atoms with E-state index in [1.54, 1.807) is 12.1 Å². The molecular weight excluding hydrogens is 212 g/mol. The van der Waals surface area contributed by atoms with Crippen LogP contribution in [-0.2, 0) is 0 Å². The van der Waals surface area contributed by atoms with E-state index >= 15 is 0 Å². The summed E-state index contributed by atoms with van der Waals surface area (Å²) in [7, 11) is 0. The van der Waals surface area contributed by atoms with E-state index in [0.717, 1.165) is 0 Å². The molecule has 6 nitrogen and oxygen atoms in total. The molecule has 0 aliphatic carbocycles. The molecule has 0 spiro atoms. The number of aliphatic hydroxyl groups is 2. The second-order valence-corrected chi connectivity index (χ2v) is 3.29. The summed E-state index contributed by atoms with van der Waals surface area (Å²) in [5, 5.41) is 18.1. The number of benzene rings is 1. The van der Waals surface area contributed by atoms with E-state index in [-0.39, 0.29) is 22.8 Å². The van der Waals surface area contributed by atoms with E-state index in [2.05, 4.69) is 0 Å². The molecule has 0 fully saturated rings. The van der Waals surface area contributed by atoms with E-state index in [1.807, 2.05) is 0 Å². The smallest absolute Gasteiger partial charge is 0.339 e. The molecule has 82 valence electrons. The van der Waals surface area contributed by atoms with E-state index < -0.39 is 13.2 Å². The molecular formula is C10H10N2O4+2. The van der Waals surface area contributed by atoms with Gasteiger partial charge in [-0.15, -0.1) is 0 Å². The van der Waals surface area contributed by atoms with Gasteiger partial charge in [0.2, 0.25) is 0 Å². The fourth-order valence-electron chi connectivity index (χ4n) is 1.64. The maximum atomic E-state index is 11.8. The summed E-state index contributed by atoms with van der Waals surface area (Å²) in [6, 6.07) is 6.21. The molecule has 1 aromatic rings. The first-order chi connectivity index (χ1) is 7.70. The second kappa shape index (κ2) is 3.92. The maximum absolute atomic E-state index is 11.8. The van der Waals surface area contributed by atoms with Crippen molar-refractivity contribution in [3.63, 3.8) is 0 Å². The number of hydrogen-bond acceptors (Lipinski definition) is 4. The SMILES string of the molecule is O=[N+]1C(CO)=C(CO)[N+](=O)c2ccccc21. The summed E-state index contributed by atoms with van der Waals surface area (Å²) in [5.74, 6) is 0. The molecule has 1 aliphatic rings. The molecule has 0 atom stereocenters. The van der Waals surface area contributed by atoms with Crippen molar-refractivity contribution in [2.75, 3.05) is 13.2 Å². The lowest BCUT2D eigenvalue weighted by Crippen LogP contribution is -2.22. The van der Waals surface area contributed by atoms with Gasteiger partial charge in [-0.2, -0.15) is 0 Å². The summed E-state index contributed by atoms with van der Waals surface area (Å²) in [4.78, 5) is 23.6. The lowest BCUT2D eigenvalue weighted by Gasteiger charge is -2.03. The monoisotopic (exact) mass is 222 g/mol. The van der Waals surface area contributed by atoms with Gasteiger partial charge in [-0.05, 0) is 0 Å². The topological polar surface area (TPSA) is 80.6 Å². The summed E-state index contributed by atoms with van der Waals surface area (Å²) in [6.45, 7) is -1.18. The molecule has 1 heterocycles. The first-order valence-corrected chi connectivity index (χ1v) is 4.68. The van der Waals surface area contributed by atoms with Crippen LogP contribution in [0.2, 0.25) is 0 Å². The van der Waals surface area contributed by atoms with Crippen molar-refractivity contribution in [3.05, 3.63) is 45.5 Å². The average Bonchev–Trinajstić information content (AvgIpc) is 2.33. The summed E-state index contributed by atoms with van der Waals surface area (Å²) >= 11 is 0. The molecule has 0 saturated carbocycles. The van der Waals surface area contributed by atoms with Gasteiger partial charge in [0, 0.05) is 21.9 Å². The number of nitrogens with zero attached hydrogens (tertiary/aromatic N) is 2. The number of nitroso groups, excluding NO2 is 2. The third kappa shape index (κ3) is 1.36. The van der Waals surface area contributed by atoms with Crippen LogP contribution in [0.15, 0.2) is 35.7 Å². The molecule has 2 rings (SSSR count). The van der Waals surface area contributed by atoms with Gasteiger partial charge in [-0.1, -0.05) is 12.1 Å². The van der Waals surface area contributed by atoms with Gasteiger partial charge in [-0.3, -0.25) is 0 Å². The van der Waals surface area contributed by atoms with Crippen LogP contribution in [0.1, 0.15) is 0 Å². The predicted octanol–water partition coefficient (Wildman–Crippen LogP) is 0.717. The Labute approximate surface area is 90.6 Å². The molecule has 0 saturated heterocycles. The standard InChI is InChI=1S/C10H10N2O4/c13-5-9-10(6-14)12(16)8-4-2-1-3-7(8)11(9)15/h1-4,13-14H,5-6H2/q+2. The fraction of sp³-hybridized carbons (Fsp3) is 0.200. The van der Waals surface area contributed by atoms with Crippen molar-refractivity contribution < 1.29 is 19.7 Å². The molecule has 1 aliphatic heterocycles. The number of fused-ring (bicyclic) bond motifs is 1. The van der Waals surface area contributed by atoms with Gasteiger partial charge in [0.05, 0.1) is 9.52 Å². The molecule has 2 N–H and O–H groups in total. The Bertz CT molecular complexity index is 462. The van der Waals surface area contributed by atoms with Crippen LogP contribution >= 0.6 is 0 Å². The molecule has 6 heteroatoms. The highest BCUT2D eigenvalue weighted by Gasteiger charge is 2.46. The quantitative estimate of drug-likeness (QED) is 0.722. The molecule has 1 aromatic carbocycles. The maximum Gasteiger partial charge on any atom is 0.339 e. The largest absolute Gasteiger partial charge is 0.385 e. The van der Waals surface area contributed by atoms with E-state index in [1.165, 1.54) is 12.1 Å². The summed E-state index contributed by atoms with van der Waals surface area (Å²) in [5.41, 5.74) is 0.0740. The van der Waals surface area contributed by atoms with Crippen LogP contribution in [-0.4, -0.2) is 32.9 Å². The molecule has 0 amide bonds. The zero-order valence-electron chi connectivity index (χ0n) is 8.33. The predicted molar refractivity (Wildman–Crippen MR) is 54.2 cm³/mol. The average molecular weight is 222 g/mol.